The number of pyridine rings is 1. The van der Waals surface area contributed by atoms with E-state index in [2.05, 4.69) is 26.2 Å². The lowest BCUT2D eigenvalue weighted by Crippen LogP contribution is -2.35. The summed E-state index contributed by atoms with van der Waals surface area (Å²) in [6, 6.07) is 11.1. The summed E-state index contributed by atoms with van der Waals surface area (Å²) in [7, 11) is 0. The first-order valence-corrected chi connectivity index (χ1v) is 7.03. The Balaban J connectivity index is 1.86. The fraction of sp³-hybridized carbons (Fsp3) is 0.200. The fourth-order valence-electron chi connectivity index (χ4n) is 1.63. The number of carbonyl (C=O) groups excluding carboxylic acids is 1. The highest BCUT2D eigenvalue weighted by atomic mass is 79.9. The number of nitrogens with zero attached hydrogens (tertiary/aromatic N) is 1. The first-order chi connectivity index (χ1) is 9.65. The largest absolute Gasteiger partial charge is 0.481 e. The van der Waals surface area contributed by atoms with E-state index in [9.17, 15) is 4.79 Å². The van der Waals surface area contributed by atoms with Gasteiger partial charge in [0.05, 0.1) is 0 Å². The van der Waals surface area contributed by atoms with Crippen molar-refractivity contribution in [2.75, 3.05) is 0 Å². The third-order valence-electron chi connectivity index (χ3n) is 2.67. The second-order valence-corrected chi connectivity index (χ2v) is 5.21. The summed E-state index contributed by atoms with van der Waals surface area (Å²) < 4.78 is 6.50. The van der Waals surface area contributed by atoms with E-state index in [1.807, 2.05) is 36.4 Å². The minimum absolute atomic E-state index is 0.158. The van der Waals surface area contributed by atoms with Crippen molar-refractivity contribution in [2.45, 2.75) is 19.6 Å². The van der Waals surface area contributed by atoms with Gasteiger partial charge < -0.3 is 10.1 Å². The number of ether oxygens (including phenoxy) is 1. The summed E-state index contributed by atoms with van der Waals surface area (Å²) in [5.74, 6) is 0.497. The smallest absolute Gasteiger partial charge is 0.261 e. The van der Waals surface area contributed by atoms with Crippen LogP contribution >= 0.6 is 15.9 Å². The topological polar surface area (TPSA) is 51.2 Å². The Morgan fingerprint density at radius 1 is 1.40 bits per heavy atom. The predicted octanol–water partition coefficient (Wildman–Crippen LogP) is 2.93. The van der Waals surface area contributed by atoms with Gasteiger partial charge in [0.2, 0.25) is 0 Å². The van der Waals surface area contributed by atoms with E-state index in [0.29, 0.717) is 12.3 Å². The molecule has 0 saturated carbocycles. The Kier molecular flexibility index (Phi) is 5.12. The van der Waals surface area contributed by atoms with E-state index in [-0.39, 0.29) is 5.91 Å². The summed E-state index contributed by atoms with van der Waals surface area (Å²) >= 11 is 3.36. The highest BCUT2D eigenvalue weighted by Crippen LogP contribution is 2.18. The number of halogens is 1. The van der Waals surface area contributed by atoms with Crippen molar-refractivity contribution in [2.24, 2.45) is 0 Å². The van der Waals surface area contributed by atoms with Gasteiger partial charge in [0.15, 0.2) is 6.10 Å². The van der Waals surface area contributed by atoms with E-state index < -0.39 is 6.10 Å². The molecule has 0 saturated heterocycles. The summed E-state index contributed by atoms with van der Waals surface area (Å²) in [6.45, 7) is 2.17. The van der Waals surface area contributed by atoms with E-state index in [1.54, 1.807) is 19.3 Å². The van der Waals surface area contributed by atoms with Gasteiger partial charge >= 0.3 is 0 Å². The maximum Gasteiger partial charge on any atom is 0.261 e. The van der Waals surface area contributed by atoms with Crippen LogP contribution in [0.25, 0.3) is 0 Å². The molecule has 0 bridgehead atoms. The van der Waals surface area contributed by atoms with Gasteiger partial charge in [-0.1, -0.05) is 28.1 Å². The van der Waals surface area contributed by atoms with Crippen LogP contribution in [0.3, 0.4) is 0 Å². The quantitative estimate of drug-likeness (QED) is 0.914. The number of hydrogen-bond acceptors (Lipinski definition) is 3. The lowest BCUT2D eigenvalue weighted by molar-refractivity contribution is -0.127. The van der Waals surface area contributed by atoms with Gasteiger partial charge in [-0.05, 0) is 36.8 Å². The molecule has 0 radical (unpaired) electrons. The van der Waals surface area contributed by atoms with Crippen LogP contribution in [0.1, 0.15) is 12.5 Å². The average Bonchev–Trinajstić information content (AvgIpc) is 2.46. The Morgan fingerprint density at radius 3 is 2.95 bits per heavy atom. The van der Waals surface area contributed by atoms with E-state index in [0.717, 1.165) is 10.0 Å². The molecule has 0 unspecified atom stereocenters. The lowest BCUT2D eigenvalue weighted by atomic mass is 10.2. The summed E-state index contributed by atoms with van der Waals surface area (Å²) in [5.41, 5.74) is 0.954. The molecule has 0 fully saturated rings. The first kappa shape index (κ1) is 14.5. The van der Waals surface area contributed by atoms with Crippen LogP contribution in [0, 0.1) is 0 Å². The molecule has 1 heterocycles. The van der Waals surface area contributed by atoms with E-state index in [1.165, 1.54) is 0 Å². The van der Waals surface area contributed by atoms with Crippen molar-refractivity contribution in [3.8, 4) is 5.75 Å². The molecule has 1 N–H and O–H groups in total. The Bertz CT molecular complexity index is 575. The molecule has 2 aromatic rings. The van der Waals surface area contributed by atoms with Crippen molar-refractivity contribution < 1.29 is 9.53 Å². The SMILES string of the molecule is C[C@@H](Oc1cccc(Br)c1)C(=O)NCc1cccnc1. The minimum Gasteiger partial charge on any atom is -0.481 e. The molecule has 104 valence electrons. The van der Waals surface area contributed by atoms with Gasteiger partial charge in [0, 0.05) is 23.4 Å². The number of aromatic nitrogens is 1. The van der Waals surface area contributed by atoms with Crippen molar-refractivity contribution >= 4 is 21.8 Å². The van der Waals surface area contributed by atoms with Crippen molar-refractivity contribution in [3.05, 3.63) is 58.8 Å². The van der Waals surface area contributed by atoms with Crippen molar-refractivity contribution in [3.63, 3.8) is 0 Å². The van der Waals surface area contributed by atoms with Gasteiger partial charge in [-0.3, -0.25) is 9.78 Å². The highest BCUT2D eigenvalue weighted by Gasteiger charge is 2.14. The van der Waals surface area contributed by atoms with Crippen molar-refractivity contribution in [1.29, 1.82) is 0 Å². The Morgan fingerprint density at radius 2 is 2.25 bits per heavy atom. The number of amides is 1. The molecule has 1 amide bonds. The molecule has 1 aromatic heterocycles. The standard InChI is InChI=1S/C15H15BrN2O2/c1-11(20-14-6-2-5-13(16)8-14)15(19)18-10-12-4-3-7-17-9-12/h2-9,11H,10H2,1H3,(H,18,19)/t11-/m1/s1. The zero-order chi connectivity index (χ0) is 14.4. The molecule has 0 aliphatic rings. The van der Waals surface area contributed by atoms with Crippen LogP contribution in [0.4, 0.5) is 0 Å². The third-order valence-corrected chi connectivity index (χ3v) is 3.16. The highest BCUT2D eigenvalue weighted by molar-refractivity contribution is 9.10. The Labute approximate surface area is 126 Å². The third kappa shape index (κ3) is 4.35. The zero-order valence-corrected chi connectivity index (χ0v) is 12.6. The number of carbonyl (C=O) groups is 1. The van der Waals surface area contributed by atoms with Gasteiger partial charge in [0.1, 0.15) is 5.75 Å². The number of nitrogens with one attached hydrogen (secondary N) is 1. The molecule has 0 aliphatic carbocycles. The number of hydrogen-bond donors (Lipinski definition) is 1. The van der Waals surface area contributed by atoms with Gasteiger partial charge in [-0.15, -0.1) is 0 Å². The summed E-state index contributed by atoms with van der Waals surface area (Å²) in [5, 5.41) is 2.82. The zero-order valence-electron chi connectivity index (χ0n) is 11.0. The molecule has 1 aromatic carbocycles. The Hall–Kier alpha value is -1.88. The molecule has 5 heteroatoms. The van der Waals surface area contributed by atoms with Crippen LogP contribution in [0.15, 0.2) is 53.3 Å². The summed E-state index contributed by atoms with van der Waals surface area (Å²) in [6.07, 6.45) is 2.87. The second kappa shape index (κ2) is 7.05. The molecule has 2 rings (SSSR count). The van der Waals surface area contributed by atoms with Crippen LogP contribution in [-0.4, -0.2) is 17.0 Å². The maximum absolute atomic E-state index is 11.9. The molecular weight excluding hydrogens is 320 g/mol. The van der Waals surface area contributed by atoms with E-state index >= 15 is 0 Å². The lowest BCUT2D eigenvalue weighted by Gasteiger charge is -2.14. The average molecular weight is 335 g/mol. The van der Waals surface area contributed by atoms with Crippen LogP contribution in [0.2, 0.25) is 0 Å². The van der Waals surface area contributed by atoms with Crippen LogP contribution in [-0.2, 0) is 11.3 Å². The van der Waals surface area contributed by atoms with Crippen LogP contribution in [0.5, 0.6) is 5.75 Å². The molecule has 4 nitrogen and oxygen atoms in total. The van der Waals surface area contributed by atoms with Gasteiger partial charge in [-0.2, -0.15) is 0 Å². The number of rotatable bonds is 5. The van der Waals surface area contributed by atoms with Gasteiger partial charge in [-0.25, -0.2) is 0 Å². The molecule has 20 heavy (non-hydrogen) atoms. The summed E-state index contributed by atoms with van der Waals surface area (Å²) in [4.78, 5) is 15.9. The van der Waals surface area contributed by atoms with Gasteiger partial charge in [0.25, 0.3) is 5.91 Å². The molecule has 0 aliphatic heterocycles. The monoisotopic (exact) mass is 334 g/mol. The first-order valence-electron chi connectivity index (χ1n) is 6.24. The molecular formula is C15H15BrN2O2. The normalized spacial score (nSPS) is 11.7. The van der Waals surface area contributed by atoms with Crippen LogP contribution < -0.4 is 10.1 Å². The molecule has 1 atom stereocenters. The number of benzene rings is 1. The van der Waals surface area contributed by atoms with E-state index in [4.69, 9.17) is 4.74 Å². The fourth-order valence-corrected chi connectivity index (χ4v) is 2.01. The maximum atomic E-state index is 11.9. The minimum atomic E-state index is -0.555. The second-order valence-electron chi connectivity index (χ2n) is 4.30. The predicted molar refractivity (Wildman–Crippen MR) is 80.3 cm³/mol. The molecule has 0 spiro atoms. The van der Waals surface area contributed by atoms with Crippen molar-refractivity contribution in [1.82, 2.24) is 10.3 Å².